The number of fused-ring (bicyclic) bond motifs is 1. The maximum atomic E-state index is 13.4. The molecule has 0 N–H and O–H groups in total. The highest BCUT2D eigenvalue weighted by atomic mass is 19.1. The van der Waals surface area contributed by atoms with E-state index in [4.69, 9.17) is 9.47 Å². The predicted octanol–water partition coefficient (Wildman–Crippen LogP) is 4.70. The average Bonchev–Trinajstić information content (AvgIpc) is 3.34. The first-order valence-electron chi connectivity index (χ1n) is 9.45. The van der Waals surface area contributed by atoms with Crippen molar-refractivity contribution in [3.05, 3.63) is 94.9 Å². The number of anilines is 1. The summed E-state index contributed by atoms with van der Waals surface area (Å²) in [6.45, 7) is 2.16. The molecule has 5 rings (SSSR count). The highest BCUT2D eigenvalue weighted by Crippen LogP contribution is 2.34. The van der Waals surface area contributed by atoms with Gasteiger partial charge in [-0.05, 0) is 67.1 Å². The number of aliphatic imine (C=N–C) groups is 1. The Balaban J connectivity index is 1.59. The lowest BCUT2D eigenvalue weighted by atomic mass is 10.1. The van der Waals surface area contributed by atoms with Gasteiger partial charge in [0.1, 0.15) is 17.3 Å². The topological polar surface area (TPSA) is 51.1 Å². The first kappa shape index (κ1) is 18.1. The largest absolute Gasteiger partial charge is 0.454 e. The van der Waals surface area contributed by atoms with Gasteiger partial charge in [-0.25, -0.2) is 9.38 Å². The molecule has 3 aromatic carbocycles. The van der Waals surface area contributed by atoms with Crippen molar-refractivity contribution in [3.8, 4) is 11.5 Å². The van der Waals surface area contributed by atoms with Crippen molar-refractivity contribution in [2.45, 2.75) is 6.92 Å². The molecule has 2 aliphatic heterocycles. The third kappa shape index (κ3) is 3.22. The van der Waals surface area contributed by atoms with Gasteiger partial charge in [0, 0.05) is 5.56 Å². The molecule has 3 aromatic rings. The van der Waals surface area contributed by atoms with Crippen molar-refractivity contribution < 1.29 is 18.7 Å². The molecule has 30 heavy (non-hydrogen) atoms. The molecule has 2 heterocycles. The number of hydrogen-bond acceptors (Lipinski definition) is 4. The minimum absolute atomic E-state index is 0.183. The van der Waals surface area contributed by atoms with Crippen LogP contribution in [0.5, 0.6) is 11.5 Å². The van der Waals surface area contributed by atoms with Crippen molar-refractivity contribution in [2.24, 2.45) is 4.99 Å². The number of hydrogen-bond donors (Lipinski definition) is 0. The number of halogens is 1. The number of carbonyl (C=O) groups is 1. The molecule has 6 heteroatoms. The van der Waals surface area contributed by atoms with Crippen LogP contribution in [0.2, 0.25) is 0 Å². The zero-order valence-corrected chi connectivity index (χ0v) is 16.1. The summed E-state index contributed by atoms with van der Waals surface area (Å²) in [7, 11) is 0. The number of benzene rings is 3. The number of rotatable bonds is 3. The quantitative estimate of drug-likeness (QED) is 0.599. The van der Waals surface area contributed by atoms with Gasteiger partial charge in [0.25, 0.3) is 5.91 Å². The Hall–Kier alpha value is -3.93. The van der Waals surface area contributed by atoms with Gasteiger partial charge in [-0.15, -0.1) is 0 Å². The van der Waals surface area contributed by atoms with Crippen LogP contribution in [0.1, 0.15) is 16.7 Å². The van der Waals surface area contributed by atoms with Crippen LogP contribution in [0, 0.1) is 12.7 Å². The summed E-state index contributed by atoms with van der Waals surface area (Å²) in [5.41, 5.74) is 3.49. The highest BCUT2D eigenvalue weighted by molar-refractivity contribution is 6.33. The molecule has 0 radical (unpaired) electrons. The van der Waals surface area contributed by atoms with E-state index in [1.54, 1.807) is 29.2 Å². The summed E-state index contributed by atoms with van der Waals surface area (Å²) >= 11 is 0. The second-order valence-electron chi connectivity index (χ2n) is 7.06. The van der Waals surface area contributed by atoms with Gasteiger partial charge >= 0.3 is 0 Å². The number of amidine groups is 1. The van der Waals surface area contributed by atoms with E-state index in [1.807, 2.05) is 43.3 Å². The summed E-state index contributed by atoms with van der Waals surface area (Å²) in [5.74, 6) is 1.16. The fourth-order valence-electron chi connectivity index (χ4n) is 3.40. The van der Waals surface area contributed by atoms with Gasteiger partial charge in [0.2, 0.25) is 6.79 Å². The van der Waals surface area contributed by atoms with Gasteiger partial charge in [-0.2, -0.15) is 0 Å². The summed E-state index contributed by atoms with van der Waals surface area (Å²) in [6.07, 6.45) is 1.71. The number of nitrogens with zero attached hydrogens (tertiary/aromatic N) is 2. The minimum Gasteiger partial charge on any atom is -0.454 e. The van der Waals surface area contributed by atoms with Crippen molar-refractivity contribution >= 4 is 23.5 Å². The average molecular weight is 400 g/mol. The lowest BCUT2D eigenvalue weighted by molar-refractivity contribution is -0.113. The van der Waals surface area contributed by atoms with Crippen LogP contribution in [0.3, 0.4) is 0 Å². The Morgan fingerprint density at radius 2 is 1.70 bits per heavy atom. The van der Waals surface area contributed by atoms with Crippen molar-refractivity contribution in [3.63, 3.8) is 0 Å². The predicted molar refractivity (Wildman–Crippen MR) is 112 cm³/mol. The smallest absolute Gasteiger partial charge is 0.282 e. The number of amides is 1. The lowest BCUT2D eigenvalue weighted by Crippen LogP contribution is -2.32. The van der Waals surface area contributed by atoms with Crippen LogP contribution in [0.15, 0.2) is 77.4 Å². The third-order valence-electron chi connectivity index (χ3n) is 4.95. The van der Waals surface area contributed by atoms with Gasteiger partial charge in [0.05, 0.1) is 5.69 Å². The Morgan fingerprint density at radius 3 is 2.47 bits per heavy atom. The molecule has 0 aromatic heterocycles. The van der Waals surface area contributed by atoms with E-state index in [1.165, 1.54) is 12.1 Å². The third-order valence-corrected chi connectivity index (χ3v) is 4.95. The van der Waals surface area contributed by atoms with Crippen LogP contribution in [-0.2, 0) is 4.79 Å². The Morgan fingerprint density at radius 1 is 0.967 bits per heavy atom. The van der Waals surface area contributed by atoms with Crippen LogP contribution < -0.4 is 14.4 Å². The fourth-order valence-corrected chi connectivity index (χ4v) is 3.40. The highest BCUT2D eigenvalue weighted by Gasteiger charge is 2.32. The zero-order valence-electron chi connectivity index (χ0n) is 16.1. The fraction of sp³-hybridized carbons (Fsp3) is 0.0833. The lowest BCUT2D eigenvalue weighted by Gasteiger charge is -2.18. The van der Waals surface area contributed by atoms with Crippen LogP contribution >= 0.6 is 0 Å². The van der Waals surface area contributed by atoms with E-state index in [9.17, 15) is 9.18 Å². The number of aryl methyl sites for hydroxylation is 1. The zero-order chi connectivity index (χ0) is 20.7. The first-order chi connectivity index (χ1) is 14.6. The molecule has 0 saturated carbocycles. The monoisotopic (exact) mass is 400 g/mol. The van der Waals surface area contributed by atoms with Crippen molar-refractivity contribution in [2.75, 3.05) is 11.7 Å². The van der Waals surface area contributed by atoms with E-state index < -0.39 is 0 Å². The Kier molecular flexibility index (Phi) is 4.32. The normalized spacial score (nSPS) is 16.3. The number of ether oxygens (including phenoxy) is 2. The number of carbonyl (C=O) groups excluding carboxylic acids is 1. The molecule has 0 atom stereocenters. The standard InChI is InChI=1S/C24H17FN2O3/c1-15-2-9-19(10-3-15)27-23(17-5-7-18(25)8-6-17)26-20(24(27)28)12-16-4-11-21-22(13-16)30-14-29-21/h2-13H,14H2,1H3/b20-12+. The van der Waals surface area contributed by atoms with Gasteiger partial charge in [-0.3, -0.25) is 9.69 Å². The van der Waals surface area contributed by atoms with Crippen LogP contribution in [0.25, 0.3) is 6.08 Å². The van der Waals surface area contributed by atoms with Gasteiger partial charge < -0.3 is 9.47 Å². The van der Waals surface area contributed by atoms with Crippen molar-refractivity contribution in [1.29, 1.82) is 0 Å². The maximum absolute atomic E-state index is 13.4. The molecule has 0 spiro atoms. The summed E-state index contributed by atoms with van der Waals surface area (Å²) < 4.78 is 24.2. The Bertz CT molecular complexity index is 1200. The molecule has 0 fully saturated rings. The molecule has 0 bridgehead atoms. The van der Waals surface area contributed by atoms with E-state index >= 15 is 0 Å². The molecular weight excluding hydrogens is 383 g/mol. The molecule has 1 amide bonds. The molecule has 0 aliphatic carbocycles. The SMILES string of the molecule is Cc1ccc(N2C(=O)/C(=C\c3ccc4c(c3)OCO4)N=C2c2ccc(F)cc2)cc1. The minimum atomic E-state index is -0.346. The van der Waals surface area contributed by atoms with Gasteiger partial charge in [-0.1, -0.05) is 23.8 Å². The molecular formula is C24H17FN2O3. The van der Waals surface area contributed by atoms with Crippen molar-refractivity contribution in [1.82, 2.24) is 0 Å². The molecule has 148 valence electrons. The molecule has 2 aliphatic rings. The molecule has 0 saturated heterocycles. The van der Waals surface area contributed by atoms with Crippen LogP contribution in [0.4, 0.5) is 10.1 Å². The van der Waals surface area contributed by atoms with E-state index in [0.29, 0.717) is 28.6 Å². The second kappa shape index (κ2) is 7.15. The van der Waals surface area contributed by atoms with Gasteiger partial charge in [0.15, 0.2) is 11.5 Å². The first-order valence-corrected chi connectivity index (χ1v) is 9.45. The molecule has 5 nitrogen and oxygen atoms in total. The summed E-state index contributed by atoms with van der Waals surface area (Å²) in [4.78, 5) is 19.4. The maximum Gasteiger partial charge on any atom is 0.282 e. The van der Waals surface area contributed by atoms with E-state index in [-0.39, 0.29) is 24.2 Å². The summed E-state index contributed by atoms with van der Waals surface area (Å²) in [6, 6.07) is 19.0. The Labute approximate surface area is 172 Å². The van der Waals surface area contributed by atoms with E-state index in [2.05, 4.69) is 4.99 Å². The van der Waals surface area contributed by atoms with Crippen LogP contribution in [-0.4, -0.2) is 18.5 Å². The second-order valence-corrected chi connectivity index (χ2v) is 7.06. The van der Waals surface area contributed by atoms with E-state index in [0.717, 1.165) is 11.1 Å². The molecule has 0 unspecified atom stereocenters. The summed E-state index contributed by atoms with van der Waals surface area (Å²) in [5, 5.41) is 0.